The summed E-state index contributed by atoms with van der Waals surface area (Å²) < 4.78 is 0. The highest BCUT2D eigenvalue weighted by Crippen LogP contribution is 2.11. The molecule has 110 valence electrons. The molecule has 0 saturated heterocycles. The van der Waals surface area contributed by atoms with Gasteiger partial charge in [-0.05, 0) is 36.5 Å². The molecule has 0 heterocycles. The molecule has 1 unspecified atom stereocenters. The molecule has 20 heavy (non-hydrogen) atoms. The van der Waals surface area contributed by atoms with Crippen LogP contribution >= 0.6 is 0 Å². The Morgan fingerprint density at radius 1 is 1.20 bits per heavy atom. The molecular weight excluding hydrogens is 254 g/mol. The number of hydrogen-bond donors (Lipinski definition) is 2. The summed E-state index contributed by atoms with van der Waals surface area (Å²) >= 11 is 0. The standard InChI is InChI=1S/C16H23NO3/c1-10(2)14(9-16(19)20)17-15(18)8-13-6-5-11(3)12(4)7-13/h5-7,10,14H,8-9H2,1-4H3,(H,17,18)(H,19,20). The number of carbonyl (C=O) groups excluding carboxylic acids is 1. The van der Waals surface area contributed by atoms with Crippen molar-refractivity contribution in [2.45, 2.75) is 46.6 Å². The van der Waals surface area contributed by atoms with E-state index in [0.717, 1.165) is 11.1 Å². The number of rotatable bonds is 6. The van der Waals surface area contributed by atoms with Crippen LogP contribution < -0.4 is 5.32 Å². The molecule has 0 saturated carbocycles. The number of carboxylic acids is 1. The largest absolute Gasteiger partial charge is 0.481 e. The molecule has 0 spiro atoms. The van der Waals surface area contributed by atoms with Gasteiger partial charge in [-0.25, -0.2) is 0 Å². The van der Waals surface area contributed by atoms with E-state index in [9.17, 15) is 9.59 Å². The zero-order valence-electron chi connectivity index (χ0n) is 12.6. The monoisotopic (exact) mass is 277 g/mol. The topological polar surface area (TPSA) is 66.4 Å². The Balaban J connectivity index is 2.65. The maximum absolute atomic E-state index is 12.0. The lowest BCUT2D eigenvalue weighted by Gasteiger charge is -2.20. The second kappa shape index (κ2) is 7.08. The first kappa shape index (κ1) is 16.2. The van der Waals surface area contributed by atoms with E-state index in [1.54, 1.807) is 0 Å². The van der Waals surface area contributed by atoms with Crippen molar-refractivity contribution < 1.29 is 14.7 Å². The summed E-state index contributed by atoms with van der Waals surface area (Å²) in [6.45, 7) is 7.85. The molecular formula is C16H23NO3. The Kier molecular flexibility index (Phi) is 5.74. The second-order valence-corrected chi connectivity index (χ2v) is 5.61. The van der Waals surface area contributed by atoms with E-state index in [1.807, 2.05) is 45.9 Å². The van der Waals surface area contributed by atoms with Gasteiger partial charge in [-0.15, -0.1) is 0 Å². The van der Waals surface area contributed by atoms with Crippen molar-refractivity contribution in [2.75, 3.05) is 0 Å². The van der Waals surface area contributed by atoms with Crippen LogP contribution in [0.1, 0.15) is 37.0 Å². The van der Waals surface area contributed by atoms with Gasteiger partial charge in [0.2, 0.25) is 5.91 Å². The van der Waals surface area contributed by atoms with Gasteiger partial charge in [-0.1, -0.05) is 32.0 Å². The first-order valence-corrected chi connectivity index (χ1v) is 6.87. The normalized spacial score (nSPS) is 12.2. The van der Waals surface area contributed by atoms with Crippen LogP contribution in [-0.2, 0) is 16.0 Å². The number of hydrogen-bond acceptors (Lipinski definition) is 2. The Morgan fingerprint density at radius 2 is 1.85 bits per heavy atom. The summed E-state index contributed by atoms with van der Waals surface area (Å²) in [4.78, 5) is 22.8. The molecule has 2 N–H and O–H groups in total. The summed E-state index contributed by atoms with van der Waals surface area (Å²) in [6, 6.07) is 5.60. The molecule has 0 bridgehead atoms. The number of aliphatic carboxylic acids is 1. The molecule has 0 aliphatic heterocycles. The van der Waals surface area contributed by atoms with Crippen molar-refractivity contribution >= 4 is 11.9 Å². The Bertz CT molecular complexity index is 494. The lowest BCUT2D eigenvalue weighted by Crippen LogP contribution is -2.40. The Hall–Kier alpha value is -1.84. The van der Waals surface area contributed by atoms with Crippen molar-refractivity contribution in [3.8, 4) is 0 Å². The van der Waals surface area contributed by atoms with E-state index >= 15 is 0 Å². The average Bonchev–Trinajstić information content (AvgIpc) is 2.32. The Morgan fingerprint density at radius 3 is 2.35 bits per heavy atom. The molecule has 0 aliphatic rings. The zero-order valence-corrected chi connectivity index (χ0v) is 12.6. The van der Waals surface area contributed by atoms with E-state index in [-0.39, 0.29) is 30.7 Å². The van der Waals surface area contributed by atoms with Crippen molar-refractivity contribution in [3.05, 3.63) is 34.9 Å². The van der Waals surface area contributed by atoms with Gasteiger partial charge in [0, 0.05) is 6.04 Å². The number of amides is 1. The van der Waals surface area contributed by atoms with Crippen LogP contribution in [-0.4, -0.2) is 23.0 Å². The van der Waals surface area contributed by atoms with Gasteiger partial charge in [-0.3, -0.25) is 9.59 Å². The van der Waals surface area contributed by atoms with Gasteiger partial charge >= 0.3 is 5.97 Å². The molecule has 1 aromatic carbocycles. The van der Waals surface area contributed by atoms with Crippen LogP contribution in [0.15, 0.2) is 18.2 Å². The molecule has 0 fully saturated rings. The van der Waals surface area contributed by atoms with Gasteiger partial charge in [0.15, 0.2) is 0 Å². The number of aryl methyl sites for hydroxylation is 2. The fourth-order valence-electron chi connectivity index (χ4n) is 2.00. The predicted molar refractivity (Wildman–Crippen MR) is 78.6 cm³/mol. The molecule has 0 aromatic heterocycles. The first-order valence-electron chi connectivity index (χ1n) is 6.87. The predicted octanol–water partition coefficient (Wildman–Crippen LogP) is 2.46. The lowest BCUT2D eigenvalue weighted by molar-refractivity contribution is -0.138. The number of nitrogens with one attached hydrogen (secondary N) is 1. The SMILES string of the molecule is Cc1ccc(CC(=O)NC(CC(=O)O)C(C)C)cc1C. The van der Waals surface area contributed by atoms with Crippen LogP contribution in [0.4, 0.5) is 0 Å². The fourth-order valence-corrected chi connectivity index (χ4v) is 2.00. The van der Waals surface area contributed by atoms with E-state index < -0.39 is 5.97 Å². The molecule has 0 aliphatic carbocycles. The van der Waals surface area contributed by atoms with Gasteiger partial charge in [0.1, 0.15) is 0 Å². The number of carbonyl (C=O) groups is 2. The summed E-state index contributed by atoms with van der Waals surface area (Å²) in [5.41, 5.74) is 3.30. The first-order chi connectivity index (χ1) is 9.29. The summed E-state index contributed by atoms with van der Waals surface area (Å²) in [7, 11) is 0. The molecule has 1 atom stereocenters. The van der Waals surface area contributed by atoms with Gasteiger partial charge in [0.05, 0.1) is 12.8 Å². The Labute approximate surface area is 120 Å². The molecule has 0 radical (unpaired) electrons. The third-order valence-corrected chi connectivity index (χ3v) is 3.48. The van der Waals surface area contributed by atoms with Crippen LogP contribution in [0.2, 0.25) is 0 Å². The zero-order chi connectivity index (χ0) is 15.3. The quantitative estimate of drug-likeness (QED) is 0.839. The third-order valence-electron chi connectivity index (χ3n) is 3.48. The maximum Gasteiger partial charge on any atom is 0.305 e. The third kappa shape index (κ3) is 5.03. The molecule has 1 aromatic rings. The lowest BCUT2D eigenvalue weighted by atomic mass is 10.00. The van der Waals surface area contributed by atoms with Gasteiger partial charge < -0.3 is 10.4 Å². The van der Waals surface area contributed by atoms with Crippen LogP contribution in [0.25, 0.3) is 0 Å². The number of benzene rings is 1. The highest BCUT2D eigenvalue weighted by atomic mass is 16.4. The average molecular weight is 277 g/mol. The summed E-state index contributed by atoms with van der Waals surface area (Å²) in [5.74, 6) is -0.932. The van der Waals surface area contributed by atoms with Crippen LogP contribution in [0.5, 0.6) is 0 Å². The van der Waals surface area contributed by atoms with Gasteiger partial charge in [0.25, 0.3) is 0 Å². The van der Waals surface area contributed by atoms with Crippen LogP contribution in [0.3, 0.4) is 0 Å². The molecule has 4 heteroatoms. The minimum absolute atomic E-state index is 0.0453. The van der Waals surface area contributed by atoms with Crippen molar-refractivity contribution in [1.82, 2.24) is 5.32 Å². The second-order valence-electron chi connectivity index (χ2n) is 5.61. The summed E-state index contributed by atoms with van der Waals surface area (Å²) in [6.07, 6.45) is 0.236. The molecule has 1 amide bonds. The minimum Gasteiger partial charge on any atom is -0.481 e. The van der Waals surface area contributed by atoms with Crippen molar-refractivity contribution in [3.63, 3.8) is 0 Å². The highest BCUT2D eigenvalue weighted by Gasteiger charge is 2.19. The molecule has 1 rings (SSSR count). The fraction of sp³-hybridized carbons (Fsp3) is 0.500. The molecule has 4 nitrogen and oxygen atoms in total. The van der Waals surface area contributed by atoms with Crippen molar-refractivity contribution in [1.29, 1.82) is 0 Å². The van der Waals surface area contributed by atoms with E-state index in [2.05, 4.69) is 5.32 Å². The minimum atomic E-state index is -0.893. The van der Waals surface area contributed by atoms with E-state index in [4.69, 9.17) is 5.11 Å². The highest BCUT2D eigenvalue weighted by molar-refractivity contribution is 5.79. The van der Waals surface area contributed by atoms with E-state index in [0.29, 0.717) is 0 Å². The maximum atomic E-state index is 12.0. The number of carboxylic acid groups (broad SMARTS) is 1. The van der Waals surface area contributed by atoms with E-state index in [1.165, 1.54) is 5.56 Å². The van der Waals surface area contributed by atoms with Crippen LogP contribution in [0, 0.1) is 19.8 Å². The van der Waals surface area contributed by atoms with Crippen molar-refractivity contribution in [2.24, 2.45) is 5.92 Å². The van der Waals surface area contributed by atoms with Gasteiger partial charge in [-0.2, -0.15) is 0 Å². The smallest absolute Gasteiger partial charge is 0.305 e. The summed E-state index contributed by atoms with van der Waals surface area (Å²) in [5, 5.41) is 11.7.